The van der Waals surface area contributed by atoms with Crippen molar-refractivity contribution in [2.45, 2.75) is 26.2 Å². The number of ketones is 1. The van der Waals surface area contributed by atoms with Gasteiger partial charge in [0.2, 0.25) is 5.91 Å². The first-order valence-electron chi connectivity index (χ1n) is 8.29. The van der Waals surface area contributed by atoms with Crippen LogP contribution in [0.3, 0.4) is 0 Å². The van der Waals surface area contributed by atoms with E-state index in [1.54, 1.807) is 24.3 Å². The Morgan fingerprint density at radius 2 is 1.93 bits per heavy atom. The van der Waals surface area contributed by atoms with Crippen LogP contribution < -0.4 is 10.1 Å². The van der Waals surface area contributed by atoms with Gasteiger partial charge in [-0.2, -0.15) is 0 Å². The van der Waals surface area contributed by atoms with Gasteiger partial charge in [-0.15, -0.1) is 0 Å². The van der Waals surface area contributed by atoms with Crippen molar-refractivity contribution in [3.63, 3.8) is 0 Å². The Labute approximate surface area is 161 Å². The minimum Gasteiger partial charge on any atom is -0.496 e. The van der Waals surface area contributed by atoms with E-state index in [4.69, 9.17) is 16.3 Å². The van der Waals surface area contributed by atoms with Crippen LogP contribution in [0.1, 0.15) is 35.7 Å². The first-order chi connectivity index (χ1) is 12.8. The molecule has 0 radical (unpaired) electrons. The van der Waals surface area contributed by atoms with E-state index in [0.717, 1.165) is 0 Å². The van der Waals surface area contributed by atoms with Crippen molar-refractivity contribution in [1.29, 1.82) is 0 Å². The van der Waals surface area contributed by atoms with Crippen molar-refractivity contribution in [1.82, 2.24) is 0 Å². The van der Waals surface area contributed by atoms with Gasteiger partial charge >= 0.3 is 0 Å². The third-order valence-electron chi connectivity index (χ3n) is 3.99. The van der Waals surface area contributed by atoms with E-state index in [9.17, 15) is 19.7 Å². The normalized spacial score (nSPS) is 10.3. The number of carbonyl (C=O) groups excluding carboxylic acids is 2. The van der Waals surface area contributed by atoms with Gasteiger partial charge < -0.3 is 10.1 Å². The maximum atomic E-state index is 12.4. The van der Waals surface area contributed by atoms with E-state index in [2.05, 4.69) is 5.32 Å². The van der Waals surface area contributed by atoms with Crippen molar-refractivity contribution >= 4 is 34.7 Å². The molecule has 0 fully saturated rings. The number of nitrogens with one attached hydrogen (secondary N) is 1. The fourth-order valence-corrected chi connectivity index (χ4v) is 2.77. The SMILES string of the molecule is CCc1ccc(NC(=O)CCC(=O)c2cc(Cl)ccc2OC)cc1[N+](=O)[O-]. The van der Waals surface area contributed by atoms with Gasteiger partial charge in [-0.3, -0.25) is 19.7 Å². The molecule has 0 aliphatic heterocycles. The second-order valence-electron chi connectivity index (χ2n) is 5.77. The molecule has 0 saturated carbocycles. The number of nitro benzene ring substituents is 1. The molecule has 0 aliphatic carbocycles. The average Bonchev–Trinajstić information content (AvgIpc) is 2.65. The lowest BCUT2D eigenvalue weighted by Crippen LogP contribution is -2.14. The predicted octanol–water partition coefficient (Wildman–Crippen LogP) is 4.42. The number of benzene rings is 2. The van der Waals surface area contributed by atoms with Gasteiger partial charge in [-0.05, 0) is 30.7 Å². The Hall–Kier alpha value is -2.93. The average molecular weight is 391 g/mol. The third-order valence-corrected chi connectivity index (χ3v) is 4.22. The number of anilines is 1. The van der Waals surface area contributed by atoms with Crippen LogP contribution in [0.5, 0.6) is 5.75 Å². The van der Waals surface area contributed by atoms with E-state index in [0.29, 0.717) is 34.0 Å². The molecule has 0 spiro atoms. The maximum Gasteiger partial charge on any atom is 0.274 e. The van der Waals surface area contributed by atoms with Gasteiger partial charge in [0.15, 0.2) is 5.78 Å². The number of ether oxygens (including phenoxy) is 1. The summed E-state index contributed by atoms with van der Waals surface area (Å²) >= 11 is 5.91. The highest BCUT2D eigenvalue weighted by Crippen LogP contribution is 2.25. The summed E-state index contributed by atoms with van der Waals surface area (Å²) in [5.41, 5.74) is 1.16. The molecule has 2 rings (SSSR count). The number of amides is 1. The number of nitro groups is 1. The number of hydrogen-bond acceptors (Lipinski definition) is 5. The molecule has 1 N–H and O–H groups in total. The molecule has 8 heteroatoms. The standard InChI is InChI=1S/C19H19ClN2O5/c1-3-12-4-6-14(11-16(12)22(25)26)21-19(24)9-7-17(23)15-10-13(20)5-8-18(15)27-2/h4-6,8,10-11H,3,7,9H2,1-2H3,(H,21,24). The van der Waals surface area contributed by atoms with Gasteiger partial charge in [0.05, 0.1) is 17.6 Å². The van der Waals surface area contributed by atoms with Gasteiger partial charge in [0, 0.05) is 35.2 Å². The van der Waals surface area contributed by atoms with Gasteiger partial charge in [-0.1, -0.05) is 24.6 Å². The minimum absolute atomic E-state index is 0.0440. The Balaban J connectivity index is 2.02. The molecule has 2 aromatic rings. The number of carbonyl (C=O) groups is 2. The molecule has 0 aromatic heterocycles. The number of rotatable bonds is 8. The lowest BCUT2D eigenvalue weighted by atomic mass is 10.1. The quantitative estimate of drug-likeness (QED) is 0.408. The van der Waals surface area contributed by atoms with E-state index >= 15 is 0 Å². The first kappa shape index (κ1) is 20.4. The van der Waals surface area contributed by atoms with Crippen molar-refractivity contribution in [2.24, 2.45) is 0 Å². The Kier molecular flexibility index (Phi) is 6.90. The zero-order chi connectivity index (χ0) is 20.0. The Morgan fingerprint density at radius 1 is 1.19 bits per heavy atom. The summed E-state index contributed by atoms with van der Waals surface area (Å²) in [5.74, 6) is -0.310. The zero-order valence-corrected chi connectivity index (χ0v) is 15.7. The molecule has 0 bridgehead atoms. The van der Waals surface area contributed by atoms with Gasteiger partial charge in [0.1, 0.15) is 5.75 Å². The van der Waals surface area contributed by atoms with Crippen molar-refractivity contribution < 1.29 is 19.2 Å². The van der Waals surface area contributed by atoms with Crippen LogP contribution in [0.25, 0.3) is 0 Å². The summed E-state index contributed by atoms with van der Waals surface area (Å²) < 4.78 is 5.14. The number of hydrogen-bond donors (Lipinski definition) is 1. The molecule has 0 atom stereocenters. The van der Waals surface area contributed by atoms with Crippen LogP contribution >= 0.6 is 11.6 Å². The van der Waals surface area contributed by atoms with E-state index < -0.39 is 10.8 Å². The number of halogens is 1. The van der Waals surface area contributed by atoms with Crippen LogP contribution in [0.4, 0.5) is 11.4 Å². The molecular weight excluding hydrogens is 372 g/mol. The fourth-order valence-electron chi connectivity index (χ4n) is 2.59. The molecule has 142 valence electrons. The van der Waals surface area contributed by atoms with Gasteiger partial charge in [0.25, 0.3) is 5.69 Å². The maximum absolute atomic E-state index is 12.4. The summed E-state index contributed by atoms with van der Waals surface area (Å²) in [6.45, 7) is 1.82. The fraction of sp³-hybridized carbons (Fsp3) is 0.263. The monoisotopic (exact) mass is 390 g/mol. The number of methoxy groups -OCH3 is 1. The van der Waals surface area contributed by atoms with Crippen molar-refractivity contribution in [3.05, 3.63) is 62.7 Å². The third kappa shape index (κ3) is 5.27. The molecule has 1 amide bonds. The second-order valence-corrected chi connectivity index (χ2v) is 6.21. The zero-order valence-electron chi connectivity index (χ0n) is 15.0. The molecule has 0 unspecified atom stereocenters. The smallest absolute Gasteiger partial charge is 0.274 e. The molecular formula is C19H19ClN2O5. The molecule has 7 nitrogen and oxygen atoms in total. The second kappa shape index (κ2) is 9.14. The molecule has 0 aliphatic rings. The highest BCUT2D eigenvalue weighted by Gasteiger charge is 2.17. The van der Waals surface area contributed by atoms with E-state index in [-0.39, 0.29) is 24.3 Å². The molecule has 2 aromatic carbocycles. The van der Waals surface area contributed by atoms with Crippen molar-refractivity contribution in [3.8, 4) is 5.75 Å². The van der Waals surface area contributed by atoms with Crippen molar-refractivity contribution in [2.75, 3.05) is 12.4 Å². The summed E-state index contributed by atoms with van der Waals surface area (Å²) in [6, 6.07) is 9.22. The van der Waals surface area contributed by atoms with Crippen LogP contribution in [0, 0.1) is 10.1 Å². The first-order valence-corrected chi connectivity index (χ1v) is 8.67. The van der Waals surface area contributed by atoms with Crippen LogP contribution in [-0.2, 0) is 11.2 Å². The molecule has 0 heterocycles. The number of nitrogens with zero attached hydrogens (tertiary/aromatic N) is 1. The minimum atomic E-state index is -0.483. The topological polar surface area (TPSA) is 98.5 Å². The lowest BCUT2D eigenvalue weighted by Gasteiger charge is -2.09. The largest absolute Gasteiger partial charge is 0.496 e. The molecule has 0 saturated heterocycles. The van der Waals surface area contributed by atoms with Crippen LogP contribution in [0.15, 0.2) is 36.4 Å². The Morgan fingerprint density at radius 3 is 2.56 bits per heavy atom. The number of Topliss-reactive ketones (excluding diaryl/α,β-unsaturated/α-hetero) is 1. The Bertz CT molecular complexity index is 882. The summed E-state index contributed by atoms with van der Waals surface area (Å²) in [5, 5.41) is 14.1. The van der Waals surface area contributed by atoms with Gasteiger partial charge in [-0.25, -0.2) is 0 Å². The highest BCUT2D eigenvalue weighted by atomic mass is 35.5. The summed E-state index contributed by atoms with van der Waals surface area (Å²) in [4.78, 5) is 35.1. The summed E-state index contributed by atoms with van der Waals surface area (Å²) in [7, 11) is 1.44. The summed E-state index contributed by atoms with van der Waals surface area (Å²) in [6.07, 6.45) is 0.399. The lowest BCUT2D eigenvalue weighted by molar-refractivity contribution is -0.385. The highest BCUT2D eigenvalue weighted by molar-refractivity contribution is 6.31. The van der Waals surface area contributed by atoms with Crippen LogP contribution in [0.2, 0.25) is 5.02 Å². The predicted molar refractivity (Wildman–Crippen MR) is 103 cm³/mol. The molecule has 27 heavy (non-hydrogen) atoms. The number of aryl methyl sites for hydroxylation is 1. The van der Waals surface area contributed by atoms with Crippen LogP contribution in [-0.4, -0.2) is 23.7 Å². The van der Waals surface area contributed by atoms with E-state index in [1.807, 2.05) is 6.92 Å². The van der Waals surface area contributed by atoms with E-state index in [1.165, 1.54) is 19.2 Å².